The van der Waals surface area contributed by atoms with Gasteiger partial charge in [-0.1, -0.05) is 6.07 Å². The molecule has 0 unspecified atom stereocenters. The van der Waals surface area contributed by atoms with Crippen molar-refractivity contribution in [2.45, 2.75) is 33.4 Å². The number of ether oxygens (including phenoxy) is 1. The first kappa shape index (κ1) is 11.0. The van der Waals surface area contributed by atoms with Crippen LogP contribution in [0.4, 0.5) is 0 Å². The molecule has 0 aliphatic rings. The van der Waals surface area contributed by atoms with Crippen LogP contribution in [0.2, 0.25) is 0 Å². The van der Waals surface area contributed by atoms with Crippen molar-refractivity contribution in [1.82, 2.24) is 4.57 Å². The highest BCUT2D eigenvalue weighted by Crippen LogP contribution is 1.91. The Morgan fingerprint density at radius 1 is 1.50 bits per heavy atom. The van der Waals surface area contributed by atoms with E-state index in [1.807, 2.05) is 32.9 Å². The van der Waals surface area contributed by atoms with Crippen LogP contribution in [0.15, 0.2) is 23.1 Å². The van der Waals surface area contributed by atoms with Crippen LogP contribution in [0.5, 0.6) is 0 Å². The third-order valence-electron chi connectivity index (χ3n) is 1.99. The first-order chi connectivity index (χ1) is 6.61. The molecule has 0 spiro atoms. The van der Waals surface area contributed by atoms with Gasteiger partial charge in [0.2, 0.25) is 0 Å². The van der Waals surface area contributed by atoms with Gasteiger partial charge in [0.25, 0.3) is 5.56 Å². The van der Waals surface area contributed by atoms with Crippen LogP contribution in [-0.4, -0.2) is 17.3 Å². The Labute approximate surface area is 84.3 Å². The fourth-order valence-electron chi connectivity index (χ4n) is 1.22. The summed E-state index contributed by atoms with van der Waals surface area (Å²) in [5.74, 6) is 0. The zero-order valence-electron chi connectivity index (χ0n) is 8.99. The summed E-state index contributed by atoms with van der Waals surface area (Å²) in [5, 5.41) is 0. The van der Waals surface area contributed by atoms with Crippen molar-refractivity contribution >= 4 is 0 Å². The molecule has 3 nitrogen and oxygen atoms in total. The maximum absolute atomic E-state index is 11.6. The van der Waals surface area contributed by atoms with Gasteiger partial charge in [0.1, 0.15) is 0 Å². The van der Waals surface area contributed by atoms with Gasteiger partial charge in [0, 0.05) is 18.3 Å². The first-order valence-corrected chi connectivity index (χ1v) is 4.89. The Hall–Kier alpha value is -1.09. The van der Waals surface area contributed by atoms with E-state index >= 15 is 0 Å². The first-order valence-electron chi connectivity index (χ1n) is 4.89. The van der Waals surface area contributed by atoms with Gasteiger partial charge in [0.05, 0.1) is 12.7 Å². The van der Waals surface area contributed by atoms with Crippen LogP contribution in [0.3, 0.4) is 0 Å². The van der Waals surface area contributed by atoms with Crippen molar-refractivity contribution in [2.75, 3.05) is 6.61 Å². The summed E-state index contributed by atoms with van der Waals surface area (Å²) in [5.41, 5.74) is 0.844. The summed E-state index contributed by atoms with van der Waals surface area (Å²) in [4.78, 5) is 11.6. The molecule has 0 atom stereocenters. The lowest BCUT2D eigenvalue weighted by Crippen LogP contribution is -2.24. The van der Waals surface area contributed by atoms with Gasteiger partial charge in [-0.05, 0) is 26.8 Å². The molecule has 0 aliphatic heterocycles. The lowest BCUT2D eigenvalue weighted by atomic mass is 10.3. The van der Waals surface area contributed by atoms with Crippen LogP contribution in [0.1, 0.15) is 19.4 Å². The lowest BCUT2D eigenvalue weighted by Gasteiger charge is -2.09. The normalized spacial score (nSPS) is 10.9. The Balaban J connectivity index is 2.59. The summed E-state index contributed by atoms with van der Waals surface area (Å²) < 4.78 is 7.06. The second-order valence-corrected chi connectivity index (χ2v) is 3.61. The van der Waals surface area contributed by atoms with E-state index in [0.29, 0.717) is 13.2 Å². The highest BCUT2D eigenvalue weighted by atomic mass is 16.5. The van der Waals surface area contributed by atoms with Gasteiger partial charge in [0.15, 0.2) is 0 Å². The van der Waals surface area contributed by atoms with Crippen LogP contribution in [0, 0.1) is 6.92 Å². The average Bonchev–Trinajstić information content (AvgIpc) is 2.12. The summed E-state index contributed by atoms with van der Waals surface area (Å²) in [6, 6.07) is 3.70. The van der Waals surface area contributed by atoms with E-state index in [1.54, 1.807) is 10.8 Å². The van der Waals surface area contributed by atoms with E-state index in [1.165, 1.54) is 0 Å². The molecule has 0 radical (unpaired) electrons. The smallest absolute Gasteiger partial charge is 0.253 e. The number of rotatable bonds is 4. The molecule has 0 aromatic carbocycles. The van der Waals surface area contributed by atoms with Crippen molar-refractivity contribution < 1.29 is 4.74 Å². The van der Waals surface area contributed by atoms with E-state index < -0.39 is 0 Å². The molecular weight excluding hydrogens is 178 g/mol. The second-order valence-electron chi connectivity index (χ2n) is 3.61. The molecule has 1 heterocycles. The molecule has 0 saturated carbocycles. The standard InChI is InChI=1S/C11H17NO2/c1-9(2)14-8-7-12-6-4-5-10(3)11(12)13/h4-6,9H,7-8H2,1-3H3. The Morgan fingerprint density at radius 3 is 2.86 bits per heavy atom. The molecule has 1 rings (SSSR count). The minimum absolute atomic E-state index is 0.0693. The monoisotopic (exact) mass is 195 g/mol. The number of aromatic nitrogens is 1. The van der Waals surface area contributed by atoms with Crippen molar-refractivity contribution in [3.8, 4) is 0 Å². The van der Waals surface area contributed by atoms with Crippen molar-refractivity contribution in [3.05, 3.63) is 34.2 Å². The predicted octanol–water partition coefficient (Wildman–Crippen LogP) is 1.58. The van der Waals surface area contributed by atoms with Gasteiger partial charge in [-0.3, -0.25) is 4.79 Å². The third-order valence-corrected chi connectivity index (χ3v) is 1.99. The minimum atomic E-state index is 0.0693. The molecule has 0 N–H and O–H groups in total. The van der Waals surface area contributed by atoms with Gasteiger partial charge >= 0.3 is 0 Å². The van der Waals surface area contributed by atoms with Crippen molar-refractivity contribution in [1.29, 1.82) is 0 Å². The molecule has 1 aromatic rings. The summed E-state index contributed by atoms with van der Waals surface area (Å²) >= 11 is 0. The largest absolute Gasteiger partial charge is 0.377 e. The van der Waals surface area contributed by atoms with Gasteiger partial charge < -0.3 is 9.30 Å². The molecule has 3 heteroatoms. The van der Waals surface area contributed by atoms with E-state index in [0.717, 1.165) is 5.56 Å². The van der Waals surface area contributed by atoms with Gasteiger partial charge in [-0.15, -0.1) is 0 Å². The molecule has 78 valence electrons. The maximum atomic E-state index is 11.6. The molecule has 0 bridgehead atoms. The number of aryl methyl sites for hydroxylation is 1. The van der Waals surface area contributed by atoms with Crippen LogP contribution in [-0.2, 0) is 11.3 Å². The topological polar surface area (TPSA) is 31.2 Å². The van der Waals surface area contributed by atoms with Crippen LogP contribution in [0.25, 0.3) is 0 Å². The fourth-order valence-corrected chi connectivity index (χ4v) is 1.22. The maximum Gasteiger partial charge on any atom is 0.253 e. The van der Waals surface area contributed by atoms with E-state index in [2.05, 4.69) is 0 Å². The fraction of sp³-hybridized carbons (Fsp3) is 0.545. The molecular formula is C11H17NO2. The summed E-state index contributed by atoms with van der Waals surface area (Å²) in [7, 11) is 0. The zero-order chi connectivity index (χ0) is 10.6. The second kappa shape index (κ2) is 4.96. The van der Waals surface area contributed by atoms with Crippen molar-refractivity contribution in [3.63, 3.8) is 0 Å². The highest BCUT2D eigenvalue weighted by Gasteiger charge is 1.98. The number of hydrogen-bond donors (Lipinski definition) is 0. The quantitative estimate of drug-likeness (QED) is 0.730. The van der Waals surface area contributed by atoms with Gasteiger partial charge in [-0.2, -0.15) is 0 Å². The Bertz CT molecular complexity index is 341. The number of hydrogen-bond acceptors (Lipinski definition) is 2. The summed E-state index contributed by atoms with van der Waals surface area (Å²) in [6.07, 6.45) is 2.01. The van der Waals surface area contributed by atoms with Crippen LogP contribution >= 0.6 is 0 Å². The average molecular weight is 195 g/mol. The molecule has 1 aromatic heterocycles. The van der Waals surface area contributed by atoms with Crippen molar-refractivity contribution in [2.24, 2.45) is 0 Å². The molecule has 0 fully saturated rings. The number of pyridine rings is 1. The summed E-state index contributed by atoms with van der Waals surface area (Å²) in [6.45, 7) is 7.00. The molecule has 0 aliphatic carbocycles. The lowest BCUT2D eigenvalue weighted by molar-refractivity contribution is 0.0722. The third kappa shape index (κ3) is 3.00. The SMILES string of the molecule is Cc1cccn(CCOC(C)C)c1=O. The van der Waals surface area contributed by atoms with E-state index in [9.17, 15) is 4.79 Å². The number of nitrogens with zero attached hydrogens (tertiary/aromatic N) is 1. The van der Waals surface area contributed by atoms with E-state index in [-0.39, 0.29) is 11.7 Å². The van der Waals surface area contributed by atoms with Crippen LogP contribution < -0.4 is 5.56 Å². The minimum Gasteiger partial charge on any atom is -0.377 e. The Kier molecular flexibility index (Phi) is 3.89. The Morgan fingerprint density at radius 2 is 2.21 bits per heavy atom. The molecule has 14 heavy (non-hydrogen) atoms. The molecule has 0 amide bonds. The van der Waals surface area contributed by atoms with Gasteiger partial charge in [-0.25, -0.2) is 0 Å². The van der Waals surface area contributed by atoms with E-state index in [4.69, 9.17) is 4.74 Å². The predicted molar refractivity (Wildman–Crippen MR) is 56.5 cm³/mol. The zero-order valence-corrected chi connectivity index (χ0v) is 8.99. The molecule has 0 saturated heterocycles. The highest BCUT2D eigenvalue weighted by molar-refractivity contribution is 5.07.